The third-order valence-electron chi connectivity index (χ3n) is 4.34. The van der Waals surface area contributed by atoms with Crippen LogP contribution in [-0.2, 0) is 4.79 Å². The maximum atomic E-state index is 12.1. The van der Waals surface area contributed by atoms with Gasteiger partial charge in [0.2, 0.25) is 11.8 Å². The zero-order valence-electron chi connectivity index (χ0n) is 16.6. The summed E-state index contributed by atoms with van der Waals surface area (Å²) in [6.07, 6.45) is 8.15. The molecule has 0 spiro atoms. The van der Waals surface area contributed by atoms with Crippen LogP contribution in [-0.4, -0.2) is 25.4 Å². The van der Waals surface area contributed by atoms with E-state index >= 15 is 0 Å². The molecule has 0 fully saturated rings. The number of nitrogens with one attached hydrogen (secondary N) is 1. The molecule has 0 atom stereocenters. The summed E-state index contributed by atoms with van der Waals surface area (Å²) in [4.78, 5) is 24.7. The van der Waals surface area contributed by atoms with Gasteiger partial charge < -0.3 is 10.1 Å². The lowest BCUT2D eigenvalue weighted by molar-refractivity contribution is -0.111. The molecule has 0 unspecified atom stereocenters. The second kappa shape index (κ2) is 9.23. The molecule has 7 nitrogen and oxygen atoms in total. The third kappa shape index (κ3) is 5.34. The fourth-order valence-electron chi connectivity index (χ4n) is 2.79. The van der Waals surface area contributed by atoms with Crippen molar-refractivity contribution in [3.63, 3.8) is 0 Å². The molecule has 2 heterocycles. The zero-order valence-corrected chi connectivity index (χ0v) is 17.3. The van der Waals surface area contributed by atoms with Crippen LogP contribution in [0.15, 0.2) is 79.4 Å². The largest absolute Gasteiger partial charge is 0.439 e. The normalized spacial score (nSPS) is 10.9. The number of carbonyl (C=O) groups excluding carboxylic acids is 1. The standard InChI is InChI=1S/C23H18ClN5O2/c1-16-25-12-13-29(16)21-14-23(27-15-26-21)31-20-9-7-19(8-10-20)28-22(30)11-4-17-2-5-18(24)6-3-17/h2-15H,1H3,(H,28,30)/b11-4+. The van der Waals surface area contributed by atoms with Crippen molar-refractivity contribution < 1.29 is 9.53 Å². The Morgan fingerprint density at radius 2 is 1.84 bits per heavy atom. The summed E-state index contributed by atoms with van der Waals surface area (Å²) < 4.78 is 7.65. The van der Waals surface area contributed by atoms with Crippen molar-refractivity contribution in [1.29, 1.82) is 0 Å². The van der Waals surface area contributed by atoms with Crippen LogP contribution in [0.25, 0.3) is 11.9 Å². The van der Waals surface area contributed by atoms with Gasteiger partial charge in [0.15, 0.2) is 0 Å². The van der Waals surface area contributed by atoms with Crippen LogP contribution in [0.1, 0.15) is 11.4 Å². The van der Waals surface area contributed by atoms with Crippen LogP contribution in [0.5, 0.6) is 11.6 Å². The van der Waals surface area contributed by atoms with E-state index in [2.05, 4.69) is 20.3 Å². The molecule has 2 aromatic carbocycles. The molecule has 0 aliphatic carbocycles. The van der Waals surface area contributed by atoms with E-state index in [1.165, 1.54) is 12.4 Å². The molecule has 2 aromatic heterocycles. The monoisotopic (exact) mass is 431 g/mol. The van der Waals surface area contributed by atoms with Crippen molar-refractivity contribution >= 4 is 29.3 Å². The molecule has 0 aliphatic heterocycles. The summed E-state index contributed by atoms with van der Waals surface area (Å²) in [5.41, 5.74) is 1.54. The molecule has 31 heavy (non-hydrogen) atoms. The van der Waals surface area contributed by atoms with Crippen LogP contribution >= 0.6 is 11.6 Å². The SMILES string of the molecule is Cc1nccn1-c1cc(Oc2ccc(NC(=O)/C=C/c3ccc(Cl)cc3)cc2)ncn1. The number of carbonyl (C=O) groups is 1. The molecule has 4 aromatic rings. The van der Waals surface area contributed by atoms with Crippen molar-refractivity contribution in [1.82, 2.24) is 19.5 Å². The lowest BCUT2D eigenvalue weighted by Crippen LogP contribution is -2.07. The highest BCUT2D eigenvalue weighted by molar-refractivity contribution is 6.30. The van der Waals surface area contributed by atoms with Crippen molar-refractivity contribution in [2.45, 2.75) is 6.92 Å². The second-order valence-electron chi connectivity index (χ2n) is 6.56. The number of imidazole rings is 1. The van der Waals surface area contributed by atoms with E-state index in [1.54, 1.807) is 54.7 Å². The molecular formula is C23H18ClN5O2. The Morgan fingerprint density at radius 3 is 2.55 bits per heavy atom. The quantitative estimate of drug-likeness (QED) is 0.431. The molecule has 1 amide bonds. The Bertz CT molecular complexity index is 1220. The van der Waals surface area contributed by atoms with Crippen LogP contribution in [0.2, 0.25) is 5.02 Å². The van der Waals surface area contributed by atoms with Gasteiger partial charge in [0.25, 0.3) is 0 Å². The van der Waals surface area contributed by atoms with Gasteiger partial charge in [-0.2, -0.15) is 0 Å². The summed E-state index contributed by atoms with van der Waals surface area (Å²) in [5.74, 6) is 2.23. The van der Waals surface area contributed by atoms with E-state index < -0.39 is 0 Å². The van der Waals surface area contributed by atoms with Gasteiger partial charge in [-0.25, -0.2) is 15.0 Å². The van der Waals surface area contributed by atoms with E-state index in [0.717, 1.165) is 11.4 Å². The highest BCUT2D eigenvalue weighted by Crippen LogP contribution is 2.22. The summed E-state index contributed by atoms with van der Waals surface area (Å²) in [5, 5.41) is 3.46. The number of hydrogen-bond acceptors (Lipinski definition) is 5. The van der Waals surface area contributed by atoms with Gasteiger partial charge in [0.05, 0.1) is 0 Å². The van der Waals surface area contributed by atoms with Crippen molar-refractivity contribution in [3.8, 4) is 17.4 Å². The summed E-state index contributed by atoms with van der Waals surface area (Å²) in [6, 6.07) is 16.0. The second-order valence-corrected chi connectivity index (χ2v) is 7.00. The molecule has 4 rings (SSSR count). The molecule has 8 heteroatoms. The summed E-state index contributed by atoms with van der Waals surface area (Å²) in [6.45, 7) is 1.89. The van der Waals surface area contributed by atoms with Gasteiger partial charge in [-0.15, -0.1) is 0 Å². The number of halogens is 1. The number of amides is 1. The maximum absolute atomic E-state index is 12.1. The van der Waals surface area contributed by atoms with E-state index in [-0.39, 0.29) is 5.91 Å². The molecule has 1 N–H and O–H groups in total. The first kappa shape index (κ1) is 20.3. The molecule has 0 aliphatic rings. The van der Waals surface area contributed by atoms with Gasteiger partial charge in [-0.3, -0.25) is 9.36 Å². The Morgan fingerprint density at radius 1 is 1.06 bits per heavy atom. The lowest BCUT2D eigenvalue weighted by Gasteiger charge is -2.08. The first-order chi connectivity index (χ1) is 15.1. The summed E-state index contributed by atoms with van der Waals surface area (Å²) >= 11 is 5.86. The van der Waals surface area contributed by atoms with E-state index in [0.29, 0.717) is 28.2 Å². The number of rotatable bonds is 6. The summed E-state index contributed by atoms with van der Waals surface area (Å²) in [7, 11) is 0. The topological polar surface area (TPSA) is 81.9 Å². The number of ether oxygens (including phenoxy) is 1. The molecule has 0 saturated carbocycles. The average Bonchev–Trinajstić information content (AvgIpc) is 3.21. The van der Waals surface area contributed by atoms with Crippen LogP contribution < -0.4 is 10.1 Å². The van der Waals surface area contributed by atoms with Gasteiger partial charge >= 0.3 is 0 Å². The Kier molecular flexibility index (Phi) is 6.05. The minimum atomic E-state index is -0.236. The molecule has 0 saturated heterocycles. The van der Waals surface area contributed by atoms with Gasteiger partial charge in [0, 0.05) is 35.2 Å². The van der Waals surface area contributed by atoms with Crippen molar-refractivity contribution in [2.24, 2.45) is 0 Å². The Hall–Kier alpha value is -3.97. The number of aryl methyl sites for hydroxylation is 1. The highest BCUT2D eigenvalue weighted by Gasteiger charge is 2.06. The van der Waals surface area contributed by atoms with Crippen LogP contribution in [0.3, 0.4) is 0 Å². The van der Waals surface area contributed by atoms with Crippen molar-refractivity contribution in [3.05, 3.63) is 95.8 Å². The van der Waals surface area contributed by atoms with Gasteiger partial charge in [-0.1, -0.05) is 23.7 Å². The van der Waals surface area contributed by atoms with E-state index in [4.69, 9.17) is 16.3 Å². The van der Waals surface area contributed by atoms with Crippen LogP contribution in [0, 0.1) is 6.92 Å². The average molecular weight is 432 g/mol. The highest BCUT2D eigenvalue weighted by atomic mass is 35.5. The number of benzene rings is 2. The first-order valence-corrected chi connectivity index (χ1v) is 9.79. The zero-order chi connectivity index (χ0) is 21.6. The molecule has 0 radical (unpaired) electrons. The van der Waals surface area contributed by atoms with Crippen molar-refractivity contribution in [2.75, 3.05) is 5.32 Å². The maximum Gasteiger partial charge on any atom is 0.248 e. The smallest absolute Gasteiger partial charge is 0.248 e. The Labute approximate surface area is 184 Å². The molecular weight excluding hydrogens is 414 g/mol. The van der Waals surface area contributed by atoms with Gasteiger partial charge in [0.1, 0.15) is 23.7 Å². The van der Waals surface area contributed by atoms with Crippen LogP contribution in [0.4, 0.5) is 5.69 Å². The van der Waals surface area contributed by atoms with E-state index in [9.17, 15) is 4.79 Å². The van der Waals surface area contributed by atoms with E-state index in [1.807, 2.05) is 29.8 Å². The molecule has 154 valence electrons. The minimum absolute atomic E-state index is 0.236. The molecule has 0 bridgehead atoms. The minimum Gasteiger partial charge on any atom is -0.439 e. The third-order valence-corrected chi connectivity index (χ3v) is 4.59. The first-order valence-electron chi connectivity index (χ1n) is 9.42. The lowest BCUT2D eigenvalue weighted by atomic mass is 10.2. The fraction of sp³-hybridized carbons (Fsp3) is 0.0435. The Balaban J connectivity index is 1.38. The number of anilines is 1. The predicted octanol–water partition coefficient (Wildman–Crippen LogP) is 5.07. The fourth-order valence-corrected chi connectivity index (χ4v) is 2.92. The van der Waals surface area contributed by atoms with Gasteiger partial charge in [-0.05, 0) is 55.0 Å². The number of aromatic nitrogens is 4. The number of nitrogens with zero attached hydrogens (tertiary/aromatic N) is 4. The number of hydrogen-bond donors (Lipinski definition) is 1. The predicted molar refractivity (Wildman–Crippen MR) is 120 cm³/mol.